The van der Waals surface area contributed by atoms with Crippen molar-refractivity contribution in [1.29, 1.82) is 0 Å². The maximum atomic E-state index is 11.6. The van der Waals surface area contributed by atoms with E-state index < -0.39 is 23.8 Å². The highest BCUT2D eigenvalue weighted by Gasteiger charge is 2.19. The van der Waals surface area contributed by atoms with E-state index in [9.17, 15) is 14.4 Å². The standard InChI is InChI=1S/C12H13BrN2O4S/c13-9-4-1-7(20-9)2-6-11(17)15-8(12(18)19)3-5-10(14)16/h1-2,4,6,8H,3,5H2,(H2,14,16)(H,15,17)(H,18,19)/b6-2+/t8-/m0/s1. The van der Waals surface area contributed by atoms with E-state index in [1.165, 1.54) is 17.4 Å². The molecule has 8 heteroatoms. The third-order valence-electron chi connectivity index (χ3n) is 2.29. The van der Waals surface area contributed by atoms with Gasteiger partial charge in [-0.3, -0.25) is 9.59 Å². The third-order valence-corrected chi connectivity index (χ3v) is 3.88. The number of carbonyl (C=O) groups excluding carboxylic acids is 2. The zero-order valence-corrected chi connectivity index (χ0v) is 12.7. The number of hydrogen-bond acceptors (Lipinski definition) is 4. The van der Waals surface area contributed by atoms with Crippen LogP contribution in [0.5, 0.6) is 0 Å². The number of primary amides is 1. The van der Waals surface area contributed by atoms with Gasteiger partial charge in [-0.15, -0.1) is 11.3 Å². The molecule has 0 aliphatic heterocycles. The molecule has 20 heavy (non-hydrogen) atoms. The number of aliphatic carboxylic acids is 1. The maximum Gasteiger partial charge on any atom is 0.326 e. The molecule has 0 aliphatic carbocycles. The molecule has 1 rings (SSSR count). The van der Waals surface area contributed by atoms with Crippen LogP contribution in [0, 0.1) is 0 Å². The van der Waals surface area contributed by atoms with Crippen molar-refractivity contribution in [2.24, 2.45) is 5.73 Å². The molecule has 1 heterocycles. The fourth-order valence-electron chi connectivity index (χ4n) is 1.34. The second kappa shape index (κ2) is 7.81. The Hall–Kier alpha value is -1.67. The summed E-state index contributed by atoms with van der Waals surface area (Å²) in [5, 5.41) is 11.2. The van der Waals surface area contributed by atoms with Crippen LogP contribution in [0.15, 0.2) is 22.0 Å². The second-order valence-corrected chi connectivity index (χ2v) is 6.37. The van der Waals surface area contributed by atoms with Crippen molar-refractivity contribution in [3.63, 3.8) is 0 Å². The summed E-state index contributed by atoms with van der Waals surface area (Å²) in [4.78, 5) is 34.0. The predicted molar refractivity (Wildman–Crippen MR) is 79.0 cm³/mol. The van der Waals surface area contributed by atoms with Crippen molar-refractivity contribution < 1.29 is 19.5 Å². The minimum absolute atomic E-state index is 0.0329. The van der Waals surface area contributed by atoms with Gasteiger partial charge in [-0.05, 0) is 40.6 Å². The van der Waals surface area contributed by atoms with Crippen molar-refractivity contribution in [2.45, 2.75) is 18.9 Å². The number of amides is 2. The van der Waals surface area contributed by atoms with Crippen molar-refractivity contribution in [3.05, 3.63) is 26.9 Å². The summed E-state index contributed by atoms with van der Waals surface area (Å²) in [6, 6.07) is 2.53. The Kier molecular flexibility index (Phi) is 6.40. The molecule has 1 aromatic rings. The molecule has 1 atom stereocenters. The number of carboxylic acid groups (broad SMARTS) is 1. The number of rotatable bonds is 7. The number of nitrogens with two attached hydrogens (primary N) is 1. The van der Waals surface area contributed by atoms with Gasteiger partial charge in [-0.1, -0.05) is 0 Å². The first-order valence-electron chi connectivity index (χ1n) is 5.63. The molecule has 0 spiro atoms. The van der Waals surface area contributed by atoms with Crippen molar-refractivity contribution in [1.82, 2.24) is 5.32 Å². The lowest BCUT2D eigenvalue weighted by atomic mass is 10.1. The molecule has 0 aliphatic rings. The summed E-state index contributed by atoms with van der Waals surface area (Å²) >= 11 is 4.74. The zero-order valence-electron chi connectivity index (χ0n) is 10.3. The van der Waals surface area contributed by atoms with Crippen LogP contribution >= 0.6 is 27.3 Å². The Morgan fingerprint density at radius 2 is 2.15 bits per heavy atom. The van der Waals surface area contributed by atoms with Gasteiger partial charge >= 0.3 is 5.97 Å². The van der Waals surface area contributed by atoms with Crippen LogP contribution in [0.3, 0.4) is 0 Å². The van der Waals surface area contributed by atoms with Crippen LogP contribution < -0.4 is 11.1 Å². The molecule has 0 unspecified atom stereocenters. The lowest BCUT2D eigenvalue weighted by Crippen LogP contribution is -2.40. The molecule has 1 aromatic heterocycles. The van der Waals surface area contributed by atoms with Crippen molar-refractivity contribution >= 4 is 51.1 Å². The highest BCUT2D eigenvalue weighted by molar-refractivity contribution is 9.11. The fraction of sp³-hybridized carbons (Fsp3) is 0.250. The lowest BCUT2D eigenvalue weighted by molar-refractivity contribution is -0.141. The van der Waals surface area contributed by atoms with Crippen molar-refractivity contribution in [2.75, 3.05) is 0 Å². The number of carbonyl (C=O) groups is 3. The molecular weight excluding hydrogens is 348 g/mol. The first-order chi connectivity index (χ1) is 9.38. The van der Waals surface area contributed by atoms with Gasteiger partial charge in [0.05, 0.1) is 3.79 Å². The molecule has 0 saturated heterocycles. The molecule has 6 nitrogen and oxygen atoms in total. The van der Waals surface area contributed by atoms with E-state index in [1.54, 1.807) is 6.08 Å². The summed E-state index contributed by atoms with van der Waals surface area (Å²) in [6.45, 7) is 0. The quantitative estimate of drug-likeness (QED) is 0.637. The topological polar surface area (TPSA) is 109 Å². The van der Waals surface area contributed by atoms with Gasteiger partial charge in [-0.2, -0.15) is 0 Å². The Morgan fingerprint density at radius 1 is 1.45 bits per heavy atom. The van der Waals surface area contributed by atoms with Gasteiger partial charge in [-0.25, -0.2) is 4.79 Å². The largest absolute Gasteiger partial charge is 0.480 e. The average molecular weight is 361 g/mol. The highest BCUT2D eigenvalue weighted by atomic mass is 79.9. The number of thiophene rings is 1. The van der Waals surface area contributed by atoms with Gasteiger partial charge in [0, 0.05) is 17.4 Å². The first kappa shape index (κ1) is 16.4. The van der Waals surface area contributed by atoms with Gasteiger partial charge in [0.2, 0.25) is 11.8 Å². The second-order valence-electron chi connectivity index (χ2n) is 3.88. The first-order valence-corrected chi connectivity index (χ1v) is 7.24. The molecule has 0 fully saturated rings. The summed E-state index contributed by atoms with van der Waals surface area (Å²) in [7, 11) is 0. The number of halogens is 1. The SMILES string of the molecule is NC(=O)CC[C@H](NC(=O)/C=C/c1ccc(Br)s1)C(=O)O. The molecule has 0 bridgehead atoms. The van der Waals surface area contributed by atoms with E-state index in [1.807, 2.05) is 12.1 Å². The Morgan fingerprint density at radius 3 is 2.65 bits per heavy atom. The molecule has 0 aromatic carbocycles. The van der Waals surface area contributed by atoms with E-state index in [-0.39, 0.29) is 12.8 Å². The van der Waals surface area contributed by atoms with Crippen molar-refractivity contribution in [3.8, 4) is 0 Å². The van der Waals surface area contributed by atoms with Crippen LogP contribution in [0.1, 0.15) is 17.7 Å². The van der Waals surface area contributed by atoms with E-state index >= 15 is 0 Å². The van der Waals surface area contributed by atoms with E-state index in [2.05, 4.69) is 21.2 Å². The van der Waals surface area contributed by atoms with Crippen LogP contribution in [0.2, 0.25) is 0 Å². The van der Waals surface area contributed by atoms with E-state index in [0.29, 0.717) is 0 Å². The molecule has 0 radical (unpaired) electrons. The predicted octanol–water partition coefficient (Wildman–Crippen LogP) is 1.36. The molecule has 4 N–H and O–H groups in total. The summed E-state index contributed by atoms with van der Waals surface area (Å²) in [5.41, 5.74) is 4.95. The zero-order chi connectivity index (χ0) is 15.1. The number of hydrogen-bond donors (Lipinski definition) is 3. The molecule has 108 valence electrons. The van der Waals surface area contributed by atoms with Gasteiger partial charge in [0.1, 0.15) is 6.04 Å². The summed E-state index contributed by atoms with van der Waals surface area (Å²) in [5.74, 6) is -2.34. The normalized spacial score (nSPS) is 12.2. The highest BCUT2D eigenvalue weighted by Crippen LogP contribution is 2.22. The lowest BCUT2D eigenvalue weighted by Gasteiger charge is -2.11. The van der Waals surface area contributed by atoms with E-state index in [4.69, 9.17) is 10.8 Å². The summed E-state index contributed by atoms with van der Waals surface area (Å²) in [6.07, 6.45) is 2.70. The van der Waals surface area contributed by atoms with Gasteiger partial charge < -0.3 is 16.2 Å². The minimum Gasteiger partial charge on any atom is -0.480 e. The smallest absolute Gasteiger partial charge is 0.326 e. The maximum absolute atomic E-state index is 11.6. The fourth-order valence-corrected chi connectivity index (χ4v) is 2.67. The molecule has 2 amide bonds. The molecule has 0 saturated carbocycles. The van der Waals surface area contributed by atoms with Crippen LogP contribution in [-0.4, -0.2) is 28.9 Å². The van der Waals surface area contributed by atoms with Gasteiger partial charge in [0.15, 0.2) is 0 Å². The number of carboxylic acids is 1. The Bertz CT molecular complexity index is 541. The average Bonchev–Trinajstić information content (AvgIpc) is 2.77. The number of nitrogens with one attached hydrogen (secondary N) is 1. The van der Waals surface area contributed by atoms with Crippen LogP contribution in [0.25, 0.3) is 6.08 Å². The van der Waals surface area contributed by atoms with Crippen LogP contribution in [-0.2, 0) is 14.4 Å². The minimum atomic E-state index is -1.20. The van der Waals surface area contributed by atoms with Crippen LogP contribution in [0.4, 0.5) is 0 Å². The Labute approximate surface area is 127 Å². The van der Waals surface area contributed by atoms with Gasteiger partial charge in [0.25, 0.3) is 0 Å². The van der Waals surface area contributed by atoms with E-state index in [0.717, 1.165) is 8.66 Å². The summed E-state index contributed by atoms with van der Waals surface area (Å²) < 4.78 is 0.933. The monoisotopic (exact) mass is 360 g/mol. The third kappa shape index (κ3) is 5.98. The Balaban J connectivity index is 2.55. The molecular formula is C12H13BrN2O4S.